The first-order valence-electron chi connectivity index (χ1n) is 14.0. The van der Waals surface area contributed by atoms with E-state index in [0.717, 1.165) is 30.1 Å². The summed E-state index contributed by atoms with van der Waals surface area (Å²) in [6, 6.07) is 23.1. The number of amides is 2. The second kappa shape index (κ2) is 11.2. The van der Waals surface area contributed by atoms with Gasteiger partial charge < -0.3 is 4.74 Å². The van der Waals surface area contributed by atoms with Crippen molar-refractivity contribution < 1.29 is 23.9 Å². The van der Waals surface area contributed by atoms with Crippen molar-refractivity contribution in [3.05, 3.63) is 101 Å². The van der Waals surface area contributed by atoms with Crippen LogP contribution in [0, 0.1) is 0 Å². The van der Waals surface area contributed by atoms with Crippen LogP contribution in [0.5, 0.6) is 5.75 Å². The first-order valence-corrected chi connectivity index (χ1v) is 14.0. The third-order valence-corrected chi connectivity index (χ3v) is 8.34. The maximum Gasteiger partial charge on any atom is 0.266 e. The summed E-state index contributed by atoms with van der Waals surface area (Å²) < 4.78 is 6.03. The number of carbonyl (C=O) groups excluding carboxylic acids is 4. The number of likely N-dealkylation sites (tertiary alicyclic amines) is 1. The van der Waals surface area contributed by atoms with Gasteiger partial charge in [-0.3, -0.25) is 29.0 Å². The number of benzene rings is 3. The highest BCUT2D eigenvalue weighted by molar-refractivity contribution is 6.24. The van der Waals surface area contributed by atoms with Crippen LogP contribution in [0.1, 0.15) is 75.4 Å². The largest absolute Gasteiger partial charge is 0.488 e. The Kier molecular flexibility index (Phi) is 7.30. The van der Waals surface area contributed by atoms with Gasteiger partial charge in [-0.1, -0.05) is 60.7 Å². The topological polar surface area (TPSA) is 84.0 Å². The van der Waals surface area contributed by atoms with E-state index in [9.17, 15) is 19.2 Å². The van der Waals surface area contributed by atoms with Crippen molar-refractivity contribution in [2.24, 2.45) is 0 Å². The van der Waals surface area contributed by atoms with Crippen LogP contribution >= 0.6 is 0 Å². The van der Waals surface area contributed by atoms with Crippen molar-refractivity contribution in [3.63, 3.8) is 0 Å². The number of rotatable bonds is 7. The lowest BCUT2D eigenvalue weighted by Crippen LogP contribution is -2.47. The zero-order valence-corrected chi connectivity index (χ0v) is 22.4. The van der Waals surface area contributed by atoms with Crippen LogP contribution in [0.3, 0.4) is 0 Å². The molecular weight excluding hydrogens is 504 g/mol. The molecule has 0 N–H and O–H groups in total. The predicted molar refractivity (Wildman–Crippen MR) is 149 cm³/mol. The molecule has 2 aliphatic heterocycles. The van der Waals surface area contributed by atoms with E-state index < -0.39 is 17.9 Å². The maximum atomic E-state index is 13.3. The molecule has 1 atom stereocenters. The van der Waals surface area contributed by atoms with Gasteiger partial charge in [0.2, 0.25) is 0 Å². The van der Waals surface area contributed by atoms with Crippen molar-refractivity contribution >= 4 is 23.4 Å². The minimum absolute atomic E-state index is 0.152. The molecule has 1 unspecified atom stereocenters. The Morgan fingerprint density at radius 2 is 1.48 bits per heavy atom. The lowest BCUT2D eigenvalue weighted by Gasteiger charge is -2.32. The Balaban J connectivity index is 1.06. The quantitative estimate of drug-likeness (QED) is 0.315. The fourth-order valence-corrected chi connectivity index (χ4v) is 6.12. The van der Waals surface area contributed by atoms with Gasteiger partial charge in [0.25, 0.3) is 11.8 Å². The maximum absolute atomic E-state index is 13.3. The lowest BCUT2D eigenvalue weighted by atomic mass is 9.89. The molecule has 2 fully saturated rings. The zero-order chi connectivity index (χ0) is 27.6. The van der Waals surface area contributed by atoms with Crippen LogP contribution in [-0.4, -0.2) is 52.3 Å². The van der Waals surface area contributed by atoms with Crippen molar-refractivity contribution in [2.45, 2.75) is 57.2 Å². The molecule has 0 spiro atoms. The van der Waals surface area contributed by atoms with Crippen LogP contribution in [0.4, 0.5) is 0 Å². The fraction of sp³-hybridized carbons (Fsp3) is 0.333. The molecule has 1 aliphatic carbocycles. The highest BCUT2D eigenvalue weighted by Gasteiger charge is 2.45. The Bertz CT molecular complexity index is 1440. The Morgan fingerprint density at radius 1 is 0.750 bits per heavy atom. The number of fused-ring (bicyclic) bond motifs is 1. The Morgan fingerprint density at radius 3 is 2.20 bits per heavy atom. The second-order valence-electron chi connectivity index (χ2n) is 11.0. The monoisotopic (exact) mass is 536 g/mol. The number of hydrogen-bond donors (Lipinski definition) is 0. The molecule has 40 heavy (non-hydrogen) atoms. The van der Waals surface area contributed by atoms with Gasteiger partial charge in [-0.25, -0.2) is 0 Å². The molecule has 2 amide bonds. The van der Waals surface area contributed by atoms with Crippen molar-refractivity contribution in [2.75, 3.05) is 13.1 Å². The molecule has 6 rings (SSSR count). The van der Waals surface area contributed by atoms with E-state index in [0.29, 0.717) is 11.7 Å². The summed E-state index contributed by atoms with van der Waals surface area (Å²) in [7, 11) is 0. The van der Waals surface area contributed by atoms with Gasteiger partial charge in [0.05, 0.1) is 23.6 Å². The van der Waals surface area contributed by atoms with E-state index in [4.69, 9.17) is 4.74 Å². The third kappa shape index (κ3) is 5.21. The van der Waals surface area contributed by atoms with E-state index in [1.165, 1.54) is 24.0 Å². The van der Waals surface area contributed by atoms with E-state index in [1.54, 1.807) is 18.2 Å². The van der Waals surface area contributed by atoms with E-state index in [2.05, 4.69) is 47.4 Å². The van der Waals surface area contributed by atoms with Gasteiger partial charge in [-0.2, -0.15) is 0 Å². The van der Waals surface area contributed by atoms with E-state index >= 15 is 0 Å². The van der Waals surface area contributed by atoms with Gasteiger partial charge in [-0.05, 0) is 67.1 Å². The molecule has 7 heteroatoms. The molecule has 1 saturated carbocycles. The SMILES string of the molecule is O=C1CCC(N2C(=O)c3cccc(OCc4ccc(CN5CCC(c6ccccc6)CC5)cc4)c3C2=O)C(=O)C1. The number of imide groups is 1. The van der Waals surface area contributed by atoms with Gasteiger partial charge in [0.1, 0.15) is 18.1 Å². The summed E-state index contributed by atoms with van der Waals surface area (Å²) in [5.41, 5.74) is 4.06. The number of piperidine rings is 1. The fourth-order valence-electron chi connectivity index (χ4n) is 6.12. The smallest absolute Gasteiger partial charge is 0.266 e. The number of hydrogen-bond acceptors (Lipinski definition) is 6. The van der Waals surface area contributed by atoms with E-state index in [1.807, 2.05) is 12.1 Å². The van der Waals surface area contributed by atoms with Gasteiger partial charge in [-0.15, -0.1) is 0 Å². The molecule has 3 aromatic carbocycles. The summed E-state index contributed by atoms with van der Waals surface area (Å²) >= 11 is 0. The van der Waals surface area contributed by atoms with Crippen LogP contribution in [0.25, 0.3) is 0 Å². The van der Waals surface area contributed by atoms with Gasteiger partial charge >= 0.3 is 0 Å². The van der Waals surface area contributed by atoms with Crippen LogP contribution in [0.2, 0.25) is 0 Å². The third-order valence-electron chi connectivity index (χ3n) is 8.34. The molecule has 0 aromatic heterocycles. The minimum Gasteiger partial charge on any atom is -0.488 e. The zero-order valence-electron chi connectivity index (χ0n) is 22.4. The number of ether oxygens (including phenoxy) is 1. The first kappa shape index (κ1) is 26.1. The summed E-state index contributed by atoms with van der Waals surface area (Å²) in [5, 5.41) is 0. The summed E-state index contributed by atoms with van der Waals surface area (Å²) in [4.78, 5) is 54.0. The normalized spacial score (nSPS) is 20.2. The van der Waals surface area contributed by atoms with E-state index in [-0.39, 0.29) is 48.6 Å². The average Bonchev–Trinajstić information content (AvgIpc) is 3.23. The lowest BCUT2D eigenvalue weighted by molar-refractivity contribution is -0.132. The summed E-state index contributed by atoms with van der Waals surface area (Å²) in [6.07, 6.45) is 2.47. The standard InChI is InChI=1S/C33H32N2O5/c36-26-13-14-28(29(37)19-26)35-32(38)27-7-4-8-30(31(27)33(35)39)40-21-23-11-9-22(10-12-23)20-34-17-15-25(16-18-34)24-5-2-1-3-6-24/h1-12,25,28H,13-21H2. The molecule has 1 saturated heterocycles. The highest BCUT2D eigenvalue weighted by atomic mass is 16.5. The van der Waals surface area contributed by atoms with Crippen molar-refractivity contribution in [3.8, 4) is 5.75 Å². The molecule has 0 radical (unpaired) electrons. The summed E-state index contributed by atoms with van der Waals surface area (Å²) in [6.45, 7) is 3.32. The number of ketones is 2. The highest BCUT2D eigenvalue weighted by Crippen LogP contribution is 2.35. The number of nitrogens with zero attached hydrogens (tertiary/aromatic N) is 2. The van der Waals surface area contributed by atoms with Crippen LogP contribution < -0.4 is 4.74 Å². The minimum atomic E-state index is -0.894. The van der Waals surface area contributed by atoms with Gasteiger partial charge in [0.15, 0.2) is 5.78 Å². The van der Waals surface area contributed by atoms with Crippen LogP contribution in [-0.2, 0) is 22.7 Å². The Hall–Kier alpha value is -4.10. The molecule has 7 nitrogen and oxygen atoms in total. The predicted octanol–water partition coefficient (Wildman–Crippen LogP) is 4.93. The molecule has 0 bridgehead atoms. The summed E-state index contributed by atoms with van der Waals surface area (Å²) in [5.74, 6) is -0.611. The molecular formula is C33H32N2O5. The average molecular weight is 537 g/mol. The molecule has 3 aromatic rings. The number of carbonyl (C=O) groups is 4. The molecule has 2 heterocycles. The Labute approximate surface area is 233 Å². The van der Waals surface area contributed by atoms with Gasteiger partial charge in [0, 0.05) is 13.0 Å². The molecule has 3 aliphatic rings. The first-order chi connectivity index (χ1) is 19.5. The van der Waals surface area contributed by atoms with Crippen molar-refractivity contribution in [1.82, 2.24) is 9.80 Å². The second-order valence-corrected chi connectivity index (χ2v) is 11.0. The van der Waals surface area contributed by atoms with Crippen molar-refractivity contribution in [1.29, 1.82) is 0 Å². The molecule has 204 valence electrons. The number of Topliss-reactive ketones (excluding diaryl/α,β-unsaturated/α-hetero) is 2. The van der Waals surface area contributed by atoms with Crippen LogP contribution in [0.15, 0.2) is 72.8 Å².